The third kappa shape index (κ3) is 45.0. The lowest BCUT2D eigenvalue weighted by molar-refractivity contribution is -0.303. The van der Waals surface area contributed by atoms with E-state index >= 15 is 0 Å². The fourth-order valence-corrected chi connectivity index (χ4v) is 11.4. The van der Waals surface area contributed by atoms with Crippen molar-refractivity contribution < 1.29 is 50.0 Å². The van der Waals surface area contributed by atoms with Crippen LogP contribution in [0.15, 0.2) is 24.3 Å². The van der Waals surface area contributed by atoms with Crippen LogP contribution in [0.25, 0.3) is 0 Å². The van der Waals surface area contributed by atoms with Crippen LogP contribution in [-0.4, -0.2) is 110 Å². The third-order valence-corrected chi connectivity index (χ3v) is 17.0. The van der Waals surface area contributed by atoms with E-state index in [-0.39, 0.29) is 12.8 Å². The Bertz CT molecular complexity index is 1350. The third-order valence-electron chi connectivity index (χ3n) is 17.0. The SMILES string of the molecule is CCCCCCCCCCCCCC/C=C\CCCCCCCCCCCC(O)C(=O)NC(COC1OC(CO)C(O)C(O)C1O)C(O)C(O)CCC/C=C/CCCCCCCCCCCCCCCCCCCCCCCCC. The van der Waals surface area contributed by atoms with Crippen LogP contribution in [0.4, 0.5) is 0 Å². The fraction of sp³-hybridized carbons (Fsp3) is 0.928. The predicted molar refractivity (Wildman–Crippen MR) is 335 cm³/mol. The monoisotopic (exact) mass is 1140 g/mol. The largest absolute Gasteiger partial charge is 0.394 e. The standard InChI is InChI=1S/C69H133NO10/c1-3-5-7-9-11-13-15-17-19-21-23-25-27-29-30-31-33-34-36-38-40-42-44-46-48-50-52-54-56-61(72)64(74)60(59-79-69-67(77)66(76)65(75)63(58-71)80-69)70-68(78)62(73)57-55-53-51-49-47-45-43-41-39-37-35-32-28-26-24-22-20-18-16-14-12-10-8-6-4-2/h32,35,48,50,60-67,69,71-77H,3-31,33-34,36-47,49,51-59H2,1-2H3,(H,70,78)/b35-32-,50-48+. The van der Waals surface area contributed by atoms with Crippen molar-refractivity contribution in [2.24, 2.45) is 0 Å². The second-order valence-corrected chi connectivity index (χ2v) is 24.6. The number of rotatable bonds is 61. The summed E-state index contributed by atoms with van der Waals surface area (Å²) in [6, 6.07) is -1.19. The summed E-state index contributed by atoms with van der Waals surface area (Å²) in [6.07, 6.45) is 61.2. The first-order chi connectivity index (χ1) is 39.2. The van der Waals surface area contributed by atoms with Crippen LogP contribution in [0, 0.1) is 0 Å². The molecular weight excluding hydrogens is 1000 g/mol. The molecule has 0 aromatic rings. The molecule has 1 fully saturated rings. The van der Waals surface area contributed by atoms with Gasteiger partial charge in [0.25, 0.3) is 0 Å². The van der Waals surface area contributed by atoms with Crippen molar-refractivity contribution in [3.63, 3.8) is 0 Å². The average molecular weight is 1140 g/mol. The quantitative estimate of drug-likeness (QED) is 0.0215. The molecule has 1 aliphatic heterocycles. The van der Waals surface area contributed by atoms with E-state index < -0.39 is 74.2 Å². The number of carbonyl (C=O) groups is 1. The average Bonchev–Trinajstić information content (AvgIpc) is 3.47. The number of hydrogen-bond donors (Lipinski definition) is 8. The van der Waals surface area contributed by atoms with Gasteiger partial charge in [-0.15, -0.1) is 0 Å². The van der Waals surface area contributed by atoms with Gasteiger partial charge in [0.15, 0.2) is 6.29 Å². The van der Waals surface area contributed by atoms with Gasteiger partial charge in [-0.05, 0) is 64.2 Å². The summed E-state index contributed by atoms with van der Waals surface area (Å²) < 4.78 is 11.2. The maximum Gasteiger partial charge on any atom is 0.249 e. The molecule has 9 unspecified atom stereocenters. The molecule has 0 bridgehead atoms. The molecule has 1 rings (SSSR count). The Labute approximate surface area is 493 Å². The van der Waals surface area contributed by atoms with Crippen LogP contribution in [0.2, 0.25) is 0 Å². The maximum atomic E-state index is 13.2. The Morgan fingerprint density at radius 3 is 1.07 bits per heavy atom. The van der Waals surface area contributed by atoms with Gasteiger partial charge in [-0.25, -0.2) is 0 Å². The molecule has 9 atom stereocenters. The van der Waals surface area contributed by atoms with E-state index in [1.54, 1.807) is 0 Å². The Kier molecular flexibility index (Phi) is 55.5. The van der Waals surface area contributed by atoms with Crippen LogP contribution < -0.4 is 5.32 Å². The Balaban J connectivity index is 2.23. The minimum Gasteiger partial charge on any atom is -0.394 e. The Morgan fingerprint density at radius 1 is 0.425 bits per heavy atom. The molecular formula is C69H133NO10. The maximum absolute atomic E-state index is 13.2. The minimum absolute atomic E-state index is 0.254. The number of amides is 1. The lowest BCUT2D eigenvalue weighted by atomic mass is 9.98. The van der Waals surface area contributed by atoms with E-state index in [4.69, 9.17) is 9.47 Å². The molecule has 80 heavy (non-hydrogen) atoms. The number of aliphatic hydroxyl groups excluding tert-OH is 7. The second-order valence-electron chi connectivity index (χ2n) is 24.6. The number of aliphatic hydroxyl groups is 7. The van der Waals surface area contributed by atoms with E-state index in [1.807, 2.05) is 0 Å². The number of allylic oxidation sites excluding steroid dienone is 4. The molecule has 1 heterocycles. The molecule has 8 N–H and O–H groups in total. The number of carbonyl (C=O) groups excluding carboxylic acids is 1. The van der Waals surface area contributed by atoms with E-state index in [0.29, 0.717) is 12.8 Å². The van der Waals surface area contributed by atoms with Crippen molar-refractivity contribution in [3.8, 4) is 0 Å². The molecule has 0 aliphatic carbocycles. The van der Waals surface area contributed by atoms with Crippen LogP contribution in [0.3, 0.4) is 0 Å². The Morgan fingerprint density at radius 2 is 0.738 bits per heavy atom. The van der Waals surface area contributed by atoms with E-state index in [1.165, 1.54) is 263 Å². The molecule has 0 spiro atoms. The normalized spacial score (nSPS) is 19.3. The van der Waals surface area contributed by atoms with Crippen LogP contribution >= 0.6 is 0 Å². The lowest BCUT2D eigenvalue weighted by Crippen LogP contribution is -2.60. The zero-order chi connectivity index (χ0) is 58.2. The molecule has 1 aliphatic rings. The van der Waals surface area contributed by atoms with Crippen LogP contribution in [-0.2, 0) is 14.3 Å². The van der Waals surface area contributed by atoms with Gasteiger partial charge in [0.05, 0.1) is 25.4 Å². The van der Waals surface area contributed by atoms with E-state index in [0.717, 1.165) is 38.5 Å². The summed E-state index contributed by atoms with van der Waals surface area (Å²) in [5, 5.41) is 76.5. The molecule has 0 saturated carbocycles. The molecule has 0 radical (unpaired) electrons. The highest BCUT2D eigenvalue weighted by Gasteiger charge is 2.44. The highest BCUT2D eigenvalue weighted by Crippen LogP contribution is 2.24. The van der Waals surface area contributed by atoms with Gasteiger partial charge in [0, 0.05) is 0 Å². The van der Waals surface area contributed by atoms with Crippen molar-refractivity contribution in [2.75, 3.05) is 13.2 Å². The first kappa shape index (κ1) is 76.6. The summed E-state index contributed by atoms with van der Waals surface area (Å²) >= 11 is 0. The van der Waals surface area contributed by atoms with E-state index in [9.17, 15) is 40.5 Å². The summed E-state index contributed by atoms with van der Waals surface area (Å²) in [6.45, 7) is 3.50. The number of unbranched alkanes of at least 4 members (excludes halogenated alkanes) is 45. The second kappa shape index (κ2) is 58.0. The van der Waals surface area contributed by atoms with Gasteiger partial charge < -0.3 is 50.5 Å². The number of nitrogens with one attached hydrogen (secondary N) is 1. The fourth-order valence-electron chi connectivity index (χ4n) is 11.4. The molecule has 474 valence electrons. The van der Waals surface area contributed by atoms with Crippen molar-refractivity contribution in [2.45, 2.75) is 396 Å². The molecule has 0 aromatic carbocycles. The lowest BCUT2D eigenvalue weighted by Gasteiger charge is -2.40. The van der Waals surface area contributed by atoms with Crippen molar-refractivity contribution >= 4 is 5.91 Å². The predicted octanol–water partition coefficient (Wildman–Crippen LogP) is 16.4. The summed E-state index contributed by atoms with van der Waals surface area (Å²) in [4.78, 5) is 13.2. The number of ether oxygens (including phenoxy) is 2. The molecule has 11 heteroatoms. The van der Waals surface area contributed by atoms with Crippen molar-refractivity contribution in [1.82, 2.24) is 5.32 Å². The van der Waals surface area contributed by atoms with E-state index in [2.05, 4.69) is 43.5 Å². The van der Waals surface area contributed by atoms with Gasteiger partial charge >= 0.3 is 0 Å². The number of hydrogen-bond acceptors (Lipinski definition) is 10. The molecule has 1 saturated heterocycles. The van der Waals surface area contributed by atoms with Crippen molar-refractivity contribution in [3.05, 3.63) is 24.3 Å². The van der Waals surface area contributed by atoms with Crippen molar-refractivity contribution in [1.29, 1.82) is 0 Å². The summed E-state index contributed by atoms with van der Waals surface area (Å²) in [5.74, 6) is -0.702. The zero-order valence-corrected chi connectivity index (χ0v) is 52.3. The molecule has 0 aromatic heterocycles. The summed E-state index contributed by atoms with van der Waals surface area (Å²) in [5.41, 5.74) is 0. The van der Waals surface area contributed by atoms with Crippen LogP contribution in [0.1, 0.15) is 341 Å². The molecule has 11 nitrogen and oxygen atoms in total. The van der Waals surface area contributed by atoms with Gasteiger partial charge in [-0.3, -0.25) is 4.79 Å². The topological polar surface area (TPSA) is 189 Å². The van der Waals surface area contributed by atoms with Gasteiger partial charge in [-0.2, -0.15) is 0 Å². The first-order valence-electron chi connectivity index (χ1n) is 34.7. The van der Waals surface area contributed by atoms with Gasteiger partial charge in [0.2, 0.25) is 5.91 Å². The smallest absolute Gasteiger partial charge is 0.249 e. The van der Waals surface area contributed by atoms with Crippen LogP contribution in [0.5, 0.6) is 0 Å². The minimum atomic E-state index is -1.67. The Hall–Kier alpha value is -1.41. The highest BCUT2D eigenvalue weighted by molar-refractivity contribution is 5.80. The summed E-state index contributed by atoms with van der Waals surface area (Å²) in [7, 11) is 0. The van der Waals surface area contributed by atoms with Gasteiger partial charge in [0.1, 0.15) is 36.6 Å². The zero-order valence-electron chi connectivity index (χ0n) is 52.3. The van der Waals surface area contributed by atoms with Gasteiger partial charge in [-0.1, -0.05) is 301 Å². The molecule has 1 amide bonds. The highest BCUT2D eigenvalue weighted by atomic mass is 16.7. The first-order valence-corrected chi connectivity index (χ1v) is 34.7.